The Morgan fingerprint density at radius 2 is 0.448 bits per heavy atom. The fourth-order valence-corrected chi connectivity index (χ4v) is 16.3. The summed E-state index contributed by atoms with van der Waals surface area (Å²) in [6, 6.07) is 129. The van der Waals surface area contributed by atoms with Crippen LogP contribution in [-0.4, -0.2) is 18.3 Å². The largest absolute Gasteiger partial charge is 0.308 e. The highest BCUT2D eigenvalue weighted by molar-refractivity contribution is 14.1. The third-order valence-electron chi connectivity index (χ3n) is 19.9. The van der Waals surface area contributed by atoms with Crippen molar-refractivity contribution in [1.82, 2.24) is 18.3 Å². The summed E-state index contributed by atoms with van der Waals surface area (Å²) >= 11 is 2.73. The van der Waals surface area contributed by atoms with E-state index in [1.165, 1.54) is 115 Å². The van der Waals surface area contributed by atoms with Crippen molar-refractivity contribution < 1.29 is 0 Å². The lowest BCUT2D eigenvalue weighted by Crippen LogP contribution is -2.13. The first-order chi connectivity index (χ1) is 47.6. The molecule has 0 amide bonds. The summed E-state index contributed by atoms with van der Waals surface area (Å²) < 4.78 is 11.2. The molecule has 15 aromatic carbocycles. The second-order valence-electron chi connectivity index (χ2n) is 25.2. The quantitative estimate of drug-likeness (QED) is 0.0908. The van der Waals surface area contributed by atoms with Crippen molar-refractivity contribution in [2.24, 2.45) is 0 Å². The third-order valence-corrected chi connectivity index (χ3v) is 20.7. The first-order valence-electron chi connectivity index (χ1n) is 32.9. The van der Waals surface area contributed by atoms with Crippen LogP contribution in [0, 0.1) is 0 Å². The number of rotatable bonds is 11. The summed E-state index contributed by atoms with van der Waals surface area (Å²) in [6.07, 6.45) is 0. The number of hydrogen-bond acceptors (Lipinski definition) is 0. The highest BCUT2D eigenvalue weighted by Crippen LogP contribution is 2.52. The molecule has 0 aliphatic heterocycles. The number of nitrogens with zero attached hydrogens (tertiary/aromatic N) is 4. The molecule has 96 heavy (non-hydrogen) atoms. The van der Waals surface area contributed by atoms with E-state index >= 15 is 0 Å². The maximum absolute atomic E-state index is 2.73. The topological polar surface area (TPSA) is 19.7 Å². The number of benzene rings is 15. The fourth-order valence-electron chi connectivity index (χ4n) is 15.5. The SMILES string of the molecule is ICc1c(-n2c3ccc(-c4ccccc4)cc3c3cc(-c4ccccc4)ccc32)c(-n2c3ccc(-c4ccccc4)cc3c3cc(-c4ccccc4)ccc32)c2c(c1-n1c3ccc(-c4ccccc4)cc3c3cc(-c4ccccc4)ccc31)c1ccccc1n2-c1ccccc1. The number of aromatic nitrogens is 4. The molecule has 0 saturated heterocycles. The van der Waals surface area contributed by atoms with Crippen LogP contribution >= 0.6 is 22.6 Å². The van der Waals surface area contributed by atoms with Gasteiger partial charge in [0.25, 0.3) is 0 Å². The van der Waals surface area contributed by atoms with Gasteiger partial charge in [-0.15, -0.1) is 0 Å². The molecule has 0 N–H and O–H groups in total. The second-order valence-corrected chi connectivity index (χ2v) is 25.9. The molecule has 4 heterocycles. The van der Waals surface area contributed by atoms with Crippen LogP contribution in [0.1, 0.15) is 5.56 Å². The molecule has 0 unspecified atom stereocenters. The minimum absolute atomic E-state index is 0.653. The molecule has 0 spiro atoms. The lowest BCUT2D eigenvalue weighted by atomic mass is 10.00. The Hall–Kier alpha value is -11.8. The van der Waals surface area contributed by atoms with Gasteiger partial charge in [0.15, 0.2) is 0 Å². The average molecular weight is 1340 g/mol. The van der Waals surface area contributed by atoms with E-state index in [2.05, 4.69) is 387 Å². The zero-order valence-corrected chi connectivity index (χ0v) is 54.4. The van der Waals surface area contributed by atoms with Crippen LogP contribution in [0.5, 0.6) is 0 Å². The molecule has 0 atom stereocenters. The Morgan fingerprint density at radius 1 is 0.198 bits per heavy atom. The molecule has 0 aliphatic carbocycles. The highest BCUT2D eigenvalue weighted by atomic mass is 127. The first kappa shape index (κ1) is 55.8. The van der Waals surface area contributed by atoms with Crippen molar-refractivity contribution in [1.29, 1.82) is 0 Å². The van der Waals surface area contributed by atoms with Gasteiger partial charge >= 0.3 is 0 Å². The van der Waals surface area contributed by atoms with Crippen molar-refractivity contribution in [2.75, 3.05) is 0 Å². The number of halogens is 1. The van der Waals surface area contributed by atoms with Crippen LogP contribution in [0.2, 0.25) is 0 Å². The lowest BCUT2D eigenvalue weighted by Gasteiger charge is -2.26. The van der Waals surface area contributed by atoms with Gasteiger partial charge < -0.3 is 18.3 Å². The molecule has 450 valence electrons. The summed E-state index contributed by atoms with van der Waals surface area (Å²) in [6.45, 7) is 0. The van der Waals surface area contributed by atoms with E-state index in [1.54, 1.807) is 0 Å². The van der Waals surface area contributed by atoms with Crippen LogP contribution in [0.3, 0.4) is 0 Å². The molecular weight excluding hydrogens is 1280 g/mol. The minimum Gasteiger partial charge on any atom is -0.308 e. The lowest BCUT2D eigenvalue weighted by molar-refractivity contribution is 1.05. The number of alkyl halides is 1. The average Bonchev–Trinajstić information content (AvgIpc) is 1.50. The normalized spacial score (nSPS) is 11.8. The Kier molecular flexibility index (Phi) is 13.2. The van der Waals surface area contributed by atoms with Gasteiger partial charge in [0.05, 0.1) is 61.2 Å². The Labute approximate surface area is 569 Å². The monoisotopic (exact) mass is 1330 g/mol. The van der Waals surface area contributed by atoms with Crippen molar-refractivity contribution in [2.45, 2.75) is 4.43 Å². The summed E-state index contributed by atoms with van der Waals surface area (Å²) in [5.74, 6) is 0. The maximum Gasteiger partial charge on any atom is 0.0958 e. The summed E-state index contributed by atoms with van der Waals surface area (Å²) in [4.78, 5) is 0. The molecule has 0 fully saturated rings. The van der Waals surface area contributed by atoms with Crippen LogP contribution in [0.4, 0.5) is 0 Å². The molecule has 4 aromatic heterocycles. The maximum atomic E-state index is 2.73. The van der Waals surface area contributed by atoms with E-state index < -0.39 is 0 Å². The Morgan fingerprint density at radius 3 is 0.750 bits per heavy atom. The Balaban J connectivity index is 1.06. The standard InChI is InChI=1S/C91H59IN4/c92-58-79-88(94-81-46-40-65(59-24-8-1-9-25-59)52-73(81)74-53-66(41-47-82(74)94)60-26-10-2-11-27-60)87-72-38-22-23-39-80(72)93(71-36-20-7-21-37-71)90(87)91(96-85-50-44-69(63-32-16-5-17-33-63)56-77(85)78-57-70(45-51-86(78)96)64-34-18-6-19-35-64)89(79)95-83-48-42-67(61-28-12-3-13-29-61)54-75(83)76-55-68(43-49-84(76)95)62-30-14-4-15-31-62/h1-57H,58H2. The molecule has 19 aromatic rings. The van der Waals surface area contributed by atoms with E-state index in [4.69, 9.17) is 0 Å². The van der Waals surface area contributed by atoms with Gasteiger partial charge in [-0.3, -0.25) is 0 Å². The van der Waals surface area contributed by atoms with Crippen molar-refractivity contribution in [3.8, 4) is 89.5 Å². The molecule has 5 heteroatoms. The van der Waals surface area contributed by atoms with Crippen molar-refractivity contribution in [3.63, 3.8) is 0 Å². The van der Waals surface area contributed by atoms with E-state index in [1.807, 2.05) is 0 Å². The van der Waals surface area contributed by atoms with Gasteiger partial charge in [0.2, 0.25) is 0 Å². The predicted octanol–water partition coefficient (Wildman–Crippen LogP) is 25.0. The number of fused-ring (bicyclic) bond motifs is 12. The smallest absolute Gasteiger partial charge is 0.0958 e. The summed E-state index contributed by atoms with van der Waals surface area (Å²) in [5.41, 5.74) is 28.7. The van der Waals surface area contributed by atoms with Gasteiger partial charge in [-0.25, -0.2) is 0 Å². The van der Waals surface area contributed by atoms with Crippen LogP contribution < -0.4 is 0 Å². The minimum atomic E-state index is 0.653. The molecule has 0 aliphatic rings. The molecule has 4 nitrogen and oxygen atoms in total. The first-order valence-corrected chi connectivity index (χ1v) is 34.5. The van der Waals surface area contributed by atoms with Crippen LogP contribution in [0.15, 0.2) is 346 Å². The fraction of sp³-hybridized carbons (Fsp3) is 0.0110. The van der Waals surface area contributed by atoms with Gasteiger partial charge in [-0.05, 0) is 158 Å². The second kappa shape index (κ2) is 22.8. The molecule has 19 rings (SSSR count). The van der Waals surface area contributed by atoms with Crippen molar-refractivity contribution >= 4 is 110 Å². The summed E-state index contributed by atoms with van der Waals surface area (Å²) in [5, 5.41) is 9.45. The molecule has 0 radical (unpaired) electrons. The molecular formula is C91H59IN4. The number of hydrogen-bond donors (Lipinski definition) is 0. The molecule has 0 bridgehead atoms. The van der Waals surface area contributed by atoms with Gasteiger partial charge in [0, 0.05) is 58.8 Å². The Bertz CT molecular complexity index is 5960. The van der Waals surface area contributed by atoms with Crippen molar-refractivity contribution in [3.05, 3.63) is 351 Å². The summed E-state index contributed by atoms with van der Waals surface area (Å²) in [7, 11) is 0. The predicted molar refractivity (Wildman–Crippen MR) is 414 cm³/mol. The van der Waals surface area contributed by atoms with Gasteiger partial charge in [-0.2, -0.15) is 0 Å². The van der Waals surface area contributed by atoms with Gasteiger partial charge in [-0.1, -0.05) is 277 Å². The third kappa shape index (κ3) is 8.88. The highest BCUT2D eigenvalue weighted by Gasteiger charge is 2.33. The zero-order valence-electron chi connectivity index (χ0n) is 52.3. The zero-order chi connectivity index (χ0) is 63.4. The van der Waals surface area contributed by atoms with E-state index in [-0.39, 0.29) is 0 Å². The number of para-hydroxylation sites is 2. The van der Waals surface area contributed by atoms with Crippen LogP contribution in [-0.2, 0) is 4.43 Å². The van der Waals surface area contributed by atoms with E-state index in [0.29, 0.717) is 4.43 Å². The van der Waals surface area contributed by atoms with Crippen LogP contribution in [0.25, 0.3) is 177 Å². The van der Waals surface area contributed by atoms with E-state index in [9.17, 15) is 0 Å². The van der Waals surface area contributed by atoms with Gasteiger partial charge in [0.1, 0.15) is 0 Å². The van der Waals surface area contributed by atoms with E-state index in [0.717, 1.165) is 66.9 Å². The molecule has 0 saturated carbocycles.